The van der Waals surface area contributed by atoms with Crippen molar-refractivity contribution >= 4 is 5.91 Å². The number of nitrogens with zero attached hydrogens (tertiary/aromatic N) is 1. The van der Waals surface area contributed by atoms with Crippen LogP contribution in [-0.2, 0) is 4.79 Å². The van der Waals surface area contributed by atoms with E-state index in [1.54, 1.807) is 17.0 Å². The van der Waals surface area contributed by atoms with E-state index in [4.69, 9.17) is 4.74 Å². The molecule has 0 atom stereocenters. The molecule has 0 unspecified atom stereocenters. The van der Waals surface area contributed by atoms with Gasteiger partial charge in [-0.2, -0.15) is 0 Å². The van der Waals surface area contributed by atoms with Crippen LogP contribution in [0.3, 0.4) is 0 Å². The number of rotatable bonds is 6. The normalized spacial score (nSPS) is 9.94. The van der Waals surface area contributed by atoms with Gasteiger partial charge in [0.25, 0.3) is 5.91 Å². The number of hydrogen-bond acceptors (Lipinski definition) is 2. The second kappa shape index (κ2) is 6.79. The summed E-state index contributed by atoms with van der Waals surface area (Å²) in [6.45, 7) is 8.55. The third kappa shape index (κ3) is 4.57. The van der Waals surface area contributed by atoms with Crippen molar-refractivity contribution in [1.29, 1.82) is 0 Å². The molecule has 0 N–H and O–H groups in total. The van der Waals surface area contributed by atoms with Crippen LogP contribution < -0.4 is 4.74 Å². The molecular formula is C14H18FNO2. The molecule has 0 aliphatic carbocycles. The molecule has 1 aromatic carbocycles. The van der Waals surface area contributed by atoms with Crippen LogP contribution in [-0.4, -0.2) is 30.5 Å². The largest absolute Gasteiger partial charge is 0.484 e. The van der Waals surface area contributed by atoms with Crippen LogP contribution in [0, 0.1) is 5.82 Å². The first kappa shape index (κ1) is 14.2. The predicted octanol–water partition coefficient (Wildman–Crippen LogP) is 2.63. The van der Waals surface area contributed by atoms with E-state index in [2.05, 4.69) is 6.58 Å². The zero-order valence-electron chi connectivity index (χ0n) is 10.8. The summed E-state index contributed by atoms with van der Waals surface area (Å²) >= 11 is 0. The van der Waals surface area contributed by atoms with E-state index in [9.17, 15) is 9.18 Å². The third-order valence-corrected chi connectivity index (χ3v) is 2.35. The molecule has 0 fully saturated rings. The molecule has 0 aliphatic rings. The minimum absolute atomic E-state index is 0.0927. The zero-order valence-corrected chi connectivity index (χ0v) is 10.8. The average Bonchev–Trinajstić information content (AvgIpc) is 2.33. The van der Waals surface area contributed by atoms with Crippen molar-refractivity contribution in [1.82, 2.24) is 4.90 Å². The fraction of sp³-hybridized carbons (Fsp3) is 0.357. The molecule has 98 valence electrons. The van der Waals surface area contributed by atoms with Crippen molar-refractivity contribution in [2.75, 3.05) is 19.7 Å². The summed E-state index contributed by atoms with van der Waals surface area (Å²) in [6.07, 6.45) is 0. The van der Waals surface area contributed by atoms with E-state index in [0.717, 1.165) is 5.57 Å². The Bertz CT molecular complexity index is 432. The summed E-state index contributed by atoms with van der Waals surface area (Å²) in [5.74, 6) is -0.159. The molecule has 0 saturated carbocycles. The Balaban J connectivity index is 2.51. The van der Waals surface area contributed by atoms with E-state index in [1.807, 2.05) is 13.8 Å². The molecule has 0 aromatic heterocycles. The molecule has 4 heteroatoms. The Morgan fingerprint density at radius 2 is 2.22 bits per heavy atom. The molecule has 0 saturated heterocycles. The number of hydrogen-bond donors (Lipinski definition) is 0. The van der Waals surface area contributed by atoms with Gasteiger partial charge in [-0.3, -0.25) is 4.79 Å². The standard InChI is InChI=1S/C14H18FNO2/c1-4-16(9-11(2)3)14(17)10-18-13-7-5-6-12(15)8-13/h5-8H,2,4,9-10H2,1,3H3. The zero-order chi connectivity index (χ0) is 13.5. The lowest BCUT2D eigenvalue weighted by Crippen LogP contribution is -2.35. The number of halogens is 1. The molecule has 0 heterocycles. The SMILES string of the molecule is C=C(C)CN(CC)C(=O)COc1cccc(F)c1. The van der Waals surface area contributed by atoms with Crippen LogP contribution in [0.2, 0.25) is 0 Å². The third-order valence-electron chi connectivity index (χ3n) is 2.35. The molecule has 0 radical (unpaired) electrons. The summed E-state index contributed by atoms with van der Waals surface area (Å²) in [5, 5.41) is 0. The van der Waals surface area contributed by atoms with Gasteiger partial charge in [0.2, 0.25) is 0 Å². The maximum atomic E-state index is 12.9. The quantitative estimate of drug-likeness (QED) is 0.727. The first-order valence-corrected chi connectivity index (χ1v) is 5.83. The van der Waals surface area contributed by atoms with Crippen LogP contribution in [0.1, 0.15) is 13.8 Å². The summed E-state index contributed by atoms with van der Waals surface area (Å²) in [6, 6.07) is 5.74. The minimum Gasteiger partial charge on any atom is -0.484 e. The number of amides is 1. The van der Waals surface area contributed by atoms with Gasteiger partial charge in [0.15, 0.2) is 6.61 Å². The van der Waals surface area contributed by atoms with E-state index in [-0.39, 0.29) is 18.3 Å². The highest BCUT2D eigenvalue weighted by atomic mass is 19.1. The first-order valence-electron chi connectivity index (χ1n) is 5.83. The highest BCUT2D eigenvalue weighted by Gasteiger charge is 2.12. The number of benzene rings is 1. The number of carbonyl (C=O) groups excluding carboxylic acids is 1. The molecule has 1 amide bonds. The monoisotopic (exact) mass is 251 g/mol. The lowest BCUT2D eigenvalue weighted by molar-refractivity contribution is -0.132. The summed E-state index contributed by atoms with van der Waals surface area (Å²) in [5.41, 5.74) is 0.913. The van der Waals surface area contributed by atoms with Gasteiger partial charge in [0.1, 0.15) is 11.6 Å². The summed E-state index contributed by atoms with van der Waals surface area (Å²) in [4.78, 5) is 13.5. The Kier molecular flexibility index (Phi) is 5.36. The molecule has 1 aromatic rings. The fourth-order valence-electron chi connectivity index (χ4n) is 1.50. The van der Waals surface area contributed by atoms with Crippen molar-refractivity contribution in [3.05, 3.63) is 42.2 Å². The van der Waals surface area contributed by atoms with E-state index in [1.165, 1.54) is 12.1 Å². The predicted molar refractivity (Wildman–Crippen MR) is 69.0 cm³/mol. The van der Waals surface area contributed by atoms with Crippen molar-refractivity contribution in [3.8, 4) is 5.75 Å². The molecule has 0 bridgehead atoms. The maximum absolute atomic E-state index is 12.9. The van der Waals surface area contributed by atoms with E-state index >= 15 is 0 Å². The first-order chi connectivity index (χ1) is 8.52. The van der Waals surface area contributed by atoms with Gasteiger partial charge in [-0.05, 0) is 26.0 Å². The van der Waals surface area contributed by atoms with E-state index < -0.39 is 0 Å². The maximum Gasteiger partial charge on any atom is 0.260 e. The van der Waals surface area contributed by atoms with Gasteiger partial charge < -0.3 is 9.64 Å². The molecule has 3 nitrogen and oxygen atoms in total. The smallest absolute Gasteiger partial charge is 0.260 e. The highest BCUT2D eigenvalue weighted by molar-refractivity contribution is 5.78. The topological polar surface area (TPSA) is 29.5 Å². The lowest BCUT2D eigenvalue weighted by Gasteiger charge is -2.21. The highest BCUT2D eigenvalue weighted by Crippen LogP contribution is 2.12. The number of carbonyl (C=O) groups is 1. The van der Waals surface area contributed by atoms with Crippen molar-refractivity contribution in [3.63, 3.8) is 0 Å². The molecule has 0 aliphatic heterocycles. The summed E-state index contributed by atoms with van der Waals surface area (Å²) in [7, 11) is 0. The van der Waals surface area contributed by atoms with Gasteiger partial charge in [0.05, 0.1) is 0 Å². The van der Waals surface area contributed by atoms with Crippen molar-refractivity contribution < 1.29 is 13.9 Å². The van der Waals surface area contributed by atoms with Crippen molar-refractivity contribution in [2.45, 2.75) is 13.8 Å². The fourth-order valence-corrected chi connectivity index (χ4v) is 1.50. The molecule has 18 heavy (non-hydrogen) atoms. The molecular weight excluding hydrogens is 233 g/mol. The second-order valence-electron chi connectivity index (χ2n) is 4.11. The van der Waals surface area contributed by atoms with Gasteiger partial charge in [-0.15, -0.1) is 0 Å². The lowest BCUT2D eigenvalue weighted by atomic mass is 10.3. The Labute approximate surface area is 107 Å². The van der Waals surface area contributed by atoms with E-state index in [0.29, 0.717) is 18.8 Å². The number of likely N-dealkylation sites (N-methyl/N-ethyl adjacent to an activating group) is 1. The van der Waals surface area contributed by atoms with Crippen molar-refractivity contribution in [2.24, 2.45) is 0 Å². The molecule has 0 spiro atoms. The van der Waals surface area contributed by atoms with Crippen LogP contribution in [0.25, 0.3) is 0 Å². The second-order valence-corrected chi connectivity index (χ2v) is 4.11. The van der Waals surface area contributed by atoms with Gasteiger partial charge >= 0.3 is 0 Å². The van der Waals surface area contributed by atoms with Crippen LogP contribution >= 0.6 is 0 Å². The Morgan fingerprint density at radius 3 is 2.78 bits per heavy atom. The minimum atomic E-state index is -0.380. The van der Waals surface area contributed by atoms with Gasteiger partial charge in [-0.25, -0.2) is 4.39 Å². The van der Waals surface area contributed by atoms with Crippen LogP contribution in [0.5, 0.6) is 5.75 Å². The van der Waals surface area contributed by atoms with Gasteiger partial charge in [0, 0.05) is 19.2 Å². The van der Waals surface area contributed by atoms with Crippen LogP contribution in [0.4, 0.5) is 4.39 Å². The molecule has 1 rings (SSSR count). The van der Waals surface area contributed by atoms with Gasteiger partial charge in [-0.1, -0.05) is 18.2 Å². The van der Waals surface area contributed by atoms with Crippen LogP contribution in [0.15, 0.2) is 36.4 Å². The average molecular weight is 251 g/mol. The Hall–Kier alpha value is -1.84. The number of ether oxygens (including phenoxy) is 1. The Morgan fingerprint density at radius 1 is 1.50 bits per heavy atom. The summed E-state index contributed by atoms with van der Waals surface area (Å²) < 4.78 is 18.2.